The molecule has 0 N–H and O–H groups in total. The van der Waals surface area contributed by atoms with Crippen LogP contribution in [-0.4, -0.2) is 22.4 Å². The zero-order valence-corrected chi connectivity index (χ0v) is 14.6. The molecule has 1 heterocycles. The first-order valence-electron chi connectivity index (χ1n) is 9.08. The fourth-order valence-corrected chi connectivity index (χ4v) is 3.58. The number of Topliss-reactive ketones (excluding diaryl/α,β-unsaturated/α-hetero) is 1. The van der Waals surface area contributed by atoms with Crippen LogP contribution in [0.15, 0.2) is 60.7 Å². The van der Waals surface area contributed by atoms with Crippen LogP contribution < -0.4 is 0 Å². The van der Waals surface area contributed by atoms with E-state index in [1.165, 1.54) is 0 Å². The average Bonchev–Trinajstić information content (AvgIpc) is 3.03. The molecule has 2 aromatic carbocycles. The second-order valence-electron chi connectivity index (χ2n) is 6.77. The Balaban J connectivity index is 1.68. The third-order valence-electron chi connectivity index (χ3n) is 4.95. The first kappa shape index (κ1) is 16.6. The lowest BCUT2D eigenvalue weighted by atomic mass is 9.96. The monoisotopic (exact) mass is 347 g/mol. The summed E-state index contributed by atoms with van der Waals surface area (Å²) < 4.78 is 7.56. The number of aromatic nitrogens is 1. The Labute approximate surface area is 152 Å². The molecule has 1 fully saturated rings. The second-order valence-corrected chi connectivity index (χ2v) is 6.77. The van der Waals surface area contributed by atoms with Gasteiger partial charge in [-0.1, -0.05) is 48.5 Å². The summed E-state index contributed by atoms with van der Waals surface area (Å²) in [7, 11) is 0. The number of carbonyl (C=O) groups excluding carboxylic acids is 2. The minimum absolute atomic E-state index is 0.0373. The molecule has 1 aliphatic carbocycles. The van der Waals surface area contributed by atoms with Gasteiger partial charge in [0.2, 0.25) is 0 Å². The number of nitrogens with zero attached hydrogens (tertiary/aromatic N) is 1. The van der Waals surface area contributed by atoms with E-state index < -0.39 is 12.1 Å². The van der Waals surface area contributed by atoms with Crippen molar-refractivity contribution >= 4 is 22.7 Å². The highest BCUT2D eigenvalue weighted by Gasteiger charge is 2.27. The third kappa shape index (κ3) is 3.27. The van der Waals surface area contributed by atoms with Gasteiger partial charge < -0.3 is 9.30 Å². The molecule has 0 unspecified atom stereocenters. The van der Waals surface area contributed by atoms with Crippen molar-refractivity contribution in [1.82, 2.24) is 4.57 Å². The Morgan fingerprint density at radius 1 is 1.04 bits per heavy atom. The quantitative estimate of drug-likeness (QED) is 0.659. The number of hydrogen-bond acceptors (Lipinski definition) is 3. The van der Waals surface area contributed by atoms with E-state index in [0.717, 1.165) is 29.3 Å². The summed E-state index contributed by atoms with van der Waals surface area (Å²) >= 11 is 0. The van der Waals surface area contributed by atoms with Crippen LogP contribution in [0.3, 0.4) is 0 Å². The van der Waals surface area contributed by atoms with E-state index in [9.17, 15) is 9.59 Å². The summed E-state index contributed by atoms with van der Waals surface area (Å²) in [5.74, 6) is -0.382. The van der Waals surface area contributed by atoms with Crippen LogP contribution in [0.25, 0.3) is 10.9 Å². The maximum atomic E-state index is 12.8. The van der Waals surface area contributed by atoms with Crippen LogP contribution in [0.1, 0.15) is 41.7 Å². The molecule has 3 aromatic rings. The Morgan fingerprint density at radius 2 is 1.81 bits per heavy atom. The van der Waals surface area contributed by atoms with Gasteiger partial charge in [0.25, 0.3) is 0 Å². The van der Waals surface area contributed by atoms with E-state index in [0.29, 0.717) is 25.1 Å². The molecule has 132 valence electrons. The van der Waals surface area contributed by atoms with Gasteiger partial charge >= 0.3 is 5.97 Å². The Bertz CT molecular complexity index is 942. The maximum absolute atomic E-state index is 12.8. The van der Waals surface area contributed by atoms with Crippen LogP contribution in [0, 0.1) is 0 Å². The molecule has 0 aliphatic heterocycles. The number of hydrogen-bond donors (Lipinski definition) is 0. The molecule has 0 bridgehead atoms. The van der Waals surface area contributed by atoms with Gasteiger partial charge in [-0.2, -0.15) is 0 Å². The number of carbonyl (C=O) groups is 2. The van der Waals surface area contributed by atoms with Gasteiger partial charge in [0.1, 0.15) is 5.69 Å². The molecule has 1 saturated carbocycles. The number of para-hydroxylation sites is 1. The molecule has 4 heteroatoms. The summed E-state index contributed by atoms with van der Waals surface area (Å²) in [5.41, 5.74) is 2.59. The molecule has 4 nitrogen and oxygen atoms in total. The lowest BCUT2D eigenvalue weighted by molar-refractivity contribution is -0.129. The highest BCUT2D eigenvalue weighted by molar-refractivity contribution is 5.97. The standard InChI is InChI=1S/C22H21NO3/c24-20-12-6-7-13-21(20)26-22(25)19-14-17-10-4-5-11-18(17)23(19)15-16-8-2-1-3-9-16/h1-5,8-11,14,21H,6-7,12-13,15H2/t21-/m0/s1. The summed E-state index contributed by atoms with van der Waals surface area (Å²) in [6.07, 6.45) is 2.35. The largest absolute Gasteiger partial charge is 0.450 e. The van der Waals surface area contributed by atoms with E-state index in [4.69, 9.17) is 4.74 Å². The van der Waals surface area contributed by atoms with E-state index in [1.807, 2.05) is 65.2 Å². The van der Waals surface area contributed by atoms with Gasteiger partial charge in [-0.3, -0.25) is 4.79 Å². The predicted molar refractivity (Wildman–Crippen MR) is 100 cm³/mol. The lowest BCUT2D eigenvalue weighted by Gasteiger charge is -2.21. The van der Waals surface area contributed by atoms with Crippen molar-refractivity contribution in [2.45, 2.75) is 38.3 Å². The summed E-state index contributed by atoms with van der Waals surface area (Å²) in [6, 6.07) is 19.8. The summed E-state index contributed by atoms with van der Waals surface area (Å²) in [4.78, 5) is 24.9. The van der Waals surface area contributed by atoms with Crippen molar-refractivity contribution in [3.63, 3.8) is 0 Å². The van der Waals surface area contributed by atoms with Gasteiger partial charge in [-0.15, -0.1) is 0 Å². The Hall–Kier alpha value is -2.88. The van der Waals surface area contributed by atoms with Gasteiger partial charge in [0.05, 0.1) is 0 Å². The van der Waals surface area contributed by atoms with Crippen LogP contribution in [-0.2, 0) is 16.1 Å². The molecular weight excluding hydrogens is 326 g/mol. The van der Waals surface area contributed by atoms with Crippen molar-refractivity contribution in [2.75, 3.05) is 0 Å². The van der Waals surface area contributed by atoms with Crippen molar-refractivity contribution < 1.29 is 14.3 Å². The zero-order chi connectivity index (χ0) is 17.9. The van der Waals surface area contributed by atoms with Crippen LogP contribution in [0.5, 0.6) is 0 Å². The van der Waals surface area contributed by atoms with Crippen LogP contribution in [0.4, 0.5) is 0 Å². The van der Waals surface area contributed by atoms with Gasteiger partial charge in [0.15, 0.2) is 11.9 Å². The summed E-state index contributed by atoms with van der Waals surface area (Å²) in [6.45, 7) is 0.581. The molecule has 0 radical (unpaired) electrons. The summed E-state index contributed by atoms with van der Waals surface area (Å²) in [5, 5.41) is 0.991. The Kier molecular flexibility index (Phi) is 4.57. The number of esters is 1. The van der Waals surface area contributed by atoms with Crippen LogP contribution in [0.2, 0.25) is 0 Å². The zero-order valence-electron chi connectivity index (χ0n) is 14.6. The fourth-order valence-electron chi connectivity index (χ4n) is 3.58. The van der Waals surface area contributed by atoms with Crippen LogP contribution >= 0.6 is 0 Å². The second kappa shape index (κ2) is 7.16. The van der Waals surface area contributed by atoms with E-state index in [1.54, 1.807) is 0 Å². The SMILES string of the molecule is O=C(O[C@H]1CCCCC1=O)c1cc2ccccc2n1Cc1ccccc1. The van der Waals surface area contributed by atoms with Crippen molar-refractivity contribution in [3.05, 3.63) is 71.9 Å². The van der Waals surface area contributed by atoms with Gasteiger partial charge in [0, 0.05) is 23.9 Å². The predicted octanol–water partition coefficient (Wildman–Crippen LogP) is 4.36. The molecule has 1 aliphatic rings. The molecule has 4 rings (SSSR count). The van der Waals surface area contributed by atoms with Crippen molar-refractivity contribution in [1.29, 1.82) is 0 Å². The molecule has 0 saturated heterocycles. The number of fused-ring (bicyclic) bond motifs is 1. The topological polar surface area (TPSA) is 48.3 Å². The molecule has 26 heavy (non-hydrogen) atoms. The number of ketones is 1. The van der Waals surface area contributed by atoms with Gasteiger partial charge in [-0.25, -0.2) is 4.79 Å². The third-order valence-corrected chi connectivity index (χ3v) is 4.95. The normalized spacial score (nSPS) is 17.4. The molecule has 1 atom stereocenters. The fraction of sp³-hybridized carbons (Fsp3) is 0.273. The maximum Gasteiger partial charge on any atom is 0.355 e. The van der Waals surface area contributed by atoms with E-state index in [-0.39, 0.29) is 5.78 Å². The highest BCUT2D eigenvalue weighted by atomic mass is 16.5. The highest BCUT2D eigenvalue weighted by Crippen LogP contribution is 2.24. The van der Waals surface area contributed by atoms with Gasteiger partial charge in [-0.05, 0) is 37.0 Å². The van der Waals surface area contributed by atoms with E-state index in [2.05, 4.69) is 0 Å². The minimum Gasteiger partial charge on any atom is -0.450 e. The number of ether oxygens (including phenoxy) is 1. The van der Waals surface area contributed by atoms with Crippen molar-refractivity contribution in [2.24, 2.45) is 0 Å². The molecule has 0 amide bonds. The smallest absolute Gasteiger partial charge is 0.355 e. The molecule has 1 aromatic heterocycles. The first-order chi connectivity index (χ1) is 12.7. The van der Waals surface area contributed by atoms with E-state index >= 15 is 0 Å². The first-order valence-corrected chi connectivity index (χ1v) is 9.08. The number of benzene rings is 2. The lowest BCUT2D eigenvalue weighted by Crippen LogP contribution is -2.30. The molecular formula is C22H21NO3. The average molecular weight is 347 g/mol. The Morgan fingerprint density at radius 3 is 2.62 bits per heavy atom. The molecule has 0 spiro atoms. The number of rotatable bonds is 4. The van der Waals surface area contributed by atoms with Crippen molar-refractivity contribution in [3.8, 4) is 0 Å². The minimum atomic E-state index is -0.598.